The highest BCUT2D eigenvalue weighted by Crippen LogP contribution is 2.41. The van der Waals surface area contributed by atoms with E-state index in [0.29, 0.717) is 17.6 Å². The molecule has 0 amide bonds. The summed E-state index contributed by atoms with van der Waals surface area (Å²) in [5, 5.41) is 3.71. The van der Waals surface area contributed by atoms with E-state index < -0.39 is 0 Å². The molecule has 2 nitrogen and oxygen atoms in total. The average molecular weight is 287 g/mol. The van der Waals surface area contributed by atoms with Gasteiger partial charge in [0.1, 0.15) is 0 Å². The van der Waals surface area contributed by atoms with E-state index in [2.05, 4.69) is 43.4 Å². The predicted octanol–water partition coefficient (Wildman–Crippen LogP) is 4.35. The quantitative estimate of drug-likeness (QED) is 0.813. The van der Waals surface area contributed by atoms with Gasteiger partial charge in [-0.15, -0.1) is 0 Å². The van der Waals surface area contributed by atoms with Gasteiger partial charge in [-0.3, -0.25) is 0 Å². The van der Waals surface area contributed by atoms with Crippen LogP contribution in [0.4, 0.5) is 0 Å². The summed E-state index contributed by atoms with van der Waals surface area (Å²) in [7, 11) is 0. The largest absolute Gasteiger partial charge is 0.377 e. The normalized spacial score (nSPS) is 25.0. The van der Waals surface area contributed by atoms with Crippen molar-refractivity contribution in [2.24, 2.45) is 0 Å². The fraction of sp³-hybridized carbons (Fsp3) is 0.684. The van der Waals surface area contributed by atoms with Gasteiger partial charge in [-0.1, -0.05) is 51.0 Å². The molecule has 2 aliphatic rings. The summed E-state index contributed by atoms with van der Waals surface area (Å²) in [6.07, 6.45) is 8.25. The van der Waals surface area contributed by atoms with E-state index in [1.165, 1.54) is 49.7 Å². The second kappa shape index (κ2) is 6.50. The van der Waals surface area contributed by atoms with Crippen molar-refractivity contribution < 1.29 is 4.74 Å². The summed E-state index contributed by atoms with van der Waals surface area (Å²) in [6.45, 7) is 6.55. The minimum atomic E-state index is 0.315. The van der Waals surface area contributed by atoms with Crippen LogP contribution in [0, 0.1) is 0 Å². The average Bonchev–Trinajstić information content (AvgIpc) is 2.99. The molecule has 1 fully saturated rings. The summed E-state index contributed by atoms with van der Waals surface area (Å²) in [4.78, 5) is 0. The third kappa shape index (κ3) is 3.49. The zero-order valence-corrected chi connectivity index (χ0v) is 13.5. The molecule has 1 atom stereocenters. The highest BCUT2D eigenvalue weighted by atomic mass is 16.5. The van der Waals surface area contributed by atoms with Gasteiger partial charge in [0, 0.05) is 12.6 Å². The third-order valence-corrected chi connectivity index (χ3v) is 5.27. The summed E-state index contributed by atoms with van der Waals surface area (Å²) >= 11 is 0. The molecular formula is C19H29NO. The molecule has 0 aromatic heterocycles. The van der Waals surface area contributed by atoms with Crippen LogP contribution in [0.3, 0.4) is 0 Å². The molecule has 2 heteroatoms. The number of hydrogen-bond acceptors (Lipinski definition) is 2. The molecule has 0 saturated heterocycles. The number of rotatable bonds is 5. The molecule has 2 aliphatic carbocycles. The Labute approximate surface area is 129 Å². The Kier molecular flexibility index (Phi) is 4.66. The first-order valence-electron chi connectivity index (χ1n) is 8.61. The van der Waals surface area contributed by atoms with Crippen molar-refractivity contribution in [3.8, 4) is 0 Å². The van der Waals surface area contributed by atoms with Crippen molar-refractivity contribution in [3.63, 3.8) is 0 Å². The van der Waals surface area contributed by atoms with Crippen LogP contribution in [0.1, 0.15) is 69.5 Å². The van der Waals surface area contributed by atoms with Crippen LogP contribution >= 0.6 is 0 Å². The molecule has 1 aromatic rings. The SMILES string of the molecule is CC1(C)CCC(NCCOC2CCCC2)c2ccccc21. The standard InChI is InChI=1S/C19H29NO/c1-19(2)12-11-18(16-9-5-6-10-17(16)19)20-13-14-21-15-7-3-4-8-15/h5-6,9-10,15,18,20H,3-4,7-8,11-14H2,1-2H3. The Balaban J connectivity index is 1.54. The first-order chi connectivity index (χ1) is 10.2. The number of fused-ring (bicyclic) bond motifs is 1. The minimum absolute atomic E-state index is 0.315. The van der Waals surface area contributed by atoms with Crippen LogP contribution < -0.4 is 5.32 Å². The van der Waals surface area contributed by atoms with Gasteiger partial charge < -0.3 is 10.1 Å². The molecule has 21 heavy (non-hydrogen) atoms. The smallest absolute Gasteiger partial charge is 0.0594 e. The van der Waals surface area contributed by atoms with Crippen LogP contribution in [-0.2, 0) is 10.2 Å². The van der Waals surface area contributed by atoms with Crippen molar-refractivity contribution in [2.45, 2.75) is 69.9 Å². The lowest BCUT2D eigenvalue weighted by molar-refractivity contribution is 0.0586. The first-order valence-corrected chi connectivity index (χ1v) is 8.61. The van der Waals surface area contributed by atoms with E-state index >= 15 is 0 Å². The molecular weight excluding hydrogens is 258 g/mol. The van der Waals surface area contributed by atoms with Crippen LogP contribution in [0.15, 0.2) is 24.3 Å². The molecule has 1 aromatic carbocycles. The molecule has 1 unspecified atom stereocenters. The summed E-state index contributed by atoms with van der Waals surface area (Å²) in [6, 6.07) is 9.45. The molecule has 0 heterocycles. The third-order valence-electron chi connectivity index (χ3n) is 5.27. The monoisotopic (exact) mass is 287 g/mol. The van der Waals surface area contributed by atoms with Gasteiger partial charge in [0.25, 0.3) is 0 Å². The number of benzene rings is 1. The Bertz CT molecular complexity index is 462. The molecule has 3 rings (SSSR count). The number of nitrogens with one attached hydrogen (secondary N) is 1. The van der Waals surface area contributed by atoms with Gasteiger partial charge in [-0.25, -0.2) is 0 Å². The number of hydrogen-bond donors (Lipinski definition) is 1. The van der Waals surface area contributed by atoms with Gasteiger partial charge >= 0.3 is 0 Å². The van der Waals surface area contributed by atoms with E-state index in [-0.39, 0.29) is 0 Å². The maximum absolute atomic E-state index is 5.96. The topological polar surface area (TPSA) is 21.3 Å². The lowest BCUT2D eigenvalue weighted by atomic mass is 9.71. The summed E-state index contributed by atoms with van der Waals surface area (Å²) < 4.78 is 5.96. The minimum Gasteiger partial charge on any atom is -0.377 e. The van der Waals surface area contributed by atoms with Crippen molar-refractivity contribution in [1.29, 1.82) is 0 Å². The molecule has 1 saturated carbocycles. The number of ether oxygens (including phenoxy) is 1. The van der Waals surface area contributed by atoms with E-state index in [9.17, 15) is 0 Å². The Morgan fingerprint density at radius 2 is 1.90 bits per heavy atom. The van der Waals surface area contributed by atoms with Crippen LogP contribution in [0.5, 0.6) is 0 Å². The first kappa shape index (κ1) is 15.1. The lowest BCUT2D eigenvalue weighted by Crippen LogP contribution is -2.34. The van der Waals surface area contributed by atoms with Gasteiger partial charge in [0.2, 0.25) is 0 Å². The zero-order chi connectivity index (χ0) is 14.7. The second-order valence-electron chi connectivity index (χ2n) is 7.29. The van der Waals surface area contributed by atoms with E-state index in [0.717, 1.165) is 13.2 Å². The highest BCUT2D eigenvalue weighted by Gasteiger charge is 2.31. The van der Waals surface area contributed by atoms with Gasteiger partial charge in [0.05, 0.1) is 12.7 Å². The zero-order valence-electron chi connectivity index (χ0n) is 13.5. The van der Waals surface area contributed by atoms with E-state index in [1.807, 2.05) is 0 Å². The second-order valence-corrected chi connectivity index (χ2v) is 7.29. The fourth-order valence-electron chi connectivity index (χ4n) is 3.94. The Hall–Kier alpha value is -0.860. The van der Waals surface area contributed by atoms with Crippen molar-refractivity contribution in [2.75, 3.05) is 13.2 Å². The molecule has 116 valence electrons. The Morgan fingerprint density at radius 3 is 2.71 bits per heavy atom. The van der Waals surface area contributed by atoms with Crippen molar-refractivity contribution in [3.05, 3.63) is 35.4 Å². The van der Waals surface area contributed by atoms with Gasteiger partial charge in [-0.2, -0.15) is 0 Å². The highest BCUT2D eigenvalue weighted by molar-refractivity contribution is 5.38. The van der Waals surface area contributed by atoms with E-state index in [4.69, 9.17) is 4.74 Å². The maximum atomic E-state index is 5.96. The van der Waals surface area contributed by atoms with Crippen LogP contribution in [-0.4, -0.2) is 19.3 Å². The predicted molar refractivity (Wildman–Crippen MR) is 87.7 cm³/mol. The molecule has 1 N–H and O–H groups in total. The molecule has 0 spiro atoms. The van der Waals surface area contributed by atoms with Crippen LogP contribution in [0.2, 0.25) is 0 Å². The summed E-state index contributed by atoms with van der Waals surface area (Å²) in [5.41, 5.74) is 3.33. The summed E-state index contributed by atoms with van der Waals surface area (Å²) in [5.74, 6) is 0. The van der Waals surface area contributed by atoms with E-state index in [1.54, 1.807) is 0 Å². The van der Waals surface area contributed by atoms with Crippen molar-refractivity contribution in [1.82, 2.24) is 5.32 Å². The van der Waals surface area contributed by atoms with Gasteiger partial charge in [-0.05, 0) is 42.2 Å². The lowest BCUT2D eigenvalue weighted by Gasteiger charge is -2.37. The van der Waals surface area contributed by atoms with Crippen molar-refractivity contribution >= 4 is 0 Å². The Morgan fingerprint density at radius 1 is 1.14 bits per heavy atom. The van der Waals surface area contributed by atoms with Gasteiger partial charge in [0.15, 0.2) is 0 Å². The molecule has 0 aliphatic heterocycles. The molecule has 0 bridgehead atoms. The maximum Gasteiger partial charge on any atom is 0.0594 e. The van der Waals surface area contributed by atoms with Crippen LogP contribution in [0.25, 0.3) is 0 Å². The molecule has 0 radical (unpaired) electrons. The fourth-order valence-corrected chi connectivity index (χ4v) is 3.94.